The summed E-state index contributed by atoms with van der Waals surface area (Å²) in [7, 11) is 0. The molecule has 3 rings (SSSR count). The van der Waals surface area contributed by atoms with Gasteiger partial charge in [-0.25, -0.2) is 0 Å². The molecule has 0 bridgehead atoms. The quantitative estimate of drug-likeness (QED) is 0.839. The maximum Gasteiger partial charge on any atom is 0.328 e. The van der Waals surface area contributed by atoms with E-state index in [9.17, 15) is 4.79 Å². The minimum atomic E-state index is -0.303. The zero-order valence-electron chi connectivity index (χ0n) is 11.0. The highest BCUT2D eigenvalue weighted by atomic mass is 16.7. The summed E-state index contributed by atoms with van der Waals surface area (Å²) in [5, 5.41) is 2.55. The zero-order chi connectivity index (χ0) is 13.4. The maximum absolute atomic E-state index is 11.6. The Hall–Kier alpha value is -1.87. The van der Waals surface area contributed by atoms with Gasteiger partial charge in [0.15, 0.2) is 0 Å². The van der Waals surface area contributed by atoms with E-state index in [2.05, 4.69) is 42.1 Å². The second-order valence-corrected chi connectivity index (χ2v) is 5.11. The van der Waals surface area contributed by atoms with Crippen molar-refractivity contribution in [2.24, 2.45) is 11.8 Å². The fourth-order valence-electron chi connectivity index (χ4n) is 3.22. The first kappa shape index (κ1) is 12.2. The van der Waals surface area contributed by atoms with Crippen LogP contribution in [-0.2, 0) is 28.9 Å². The maximum atomic E-state index is 11.6. The number of rotatable bonds is 2. The van der Waals surface area contributed by atoms with Crippen molar-refractivity contribution in [1.82, 2.24) is 0 Å². The number of aryl methyl sites for hydroxylation is 1. The molecule has 1 unspecified atom stereocenters. The molecule has 0 spiro atoms. The van der Waals surface area contributed by atoms with Crippen LogP contribution in [0.4, 0.5) is 0 Å². The van der Waals surface area contributed by atoms with Crippen LogP contribution >= 0.6 is 0 Å². The molecule has 1 atom stereocenters. The van der Waals surface area contributed by atoms with Crippen molar-refractivity contribution in [2.45, 2.75) is 26.2 Å². The molecule has 2 aromatic rings. The van der Waals surface area contributed by atoms with Gasteiger partial charge in [-0.15, -0.1) is 0 Å². The van der Waals surface area contributed by atoms with Crippen molar-refractivity contribution in [1.29, 1.82) is 0 Å². The summed E-state index contributed by atoms with van der Waals surface area (Å²) in [6.45, 7) is 2.16. The summed E-state index contributed by atoms with van der Waals surface area (Å²) in [5.41, 5.74) is 3.95. The van der Waals surface area contributed by atoms with E-state index in [1.165, 1.54) is 27.5 Å². The Morgan fingerprint density at radius 3 is 2.89 bits per heavy atom. The summed E-state index contributed by atoms with van der Waals surface area (Å²) in [6, 6.07) is 10.6. The zero-order valence-corrected chi connectivity index (χ0v) is 11.0. The van der Waals surface area contributed by atoms with Crippen LogP contribution in [0.2, 0.25) is 0 Å². The molecule has 3 heteroatoms. The van der Waals surface area contributed by atoms with Gasteiger partial charge in [0.05, 0.1) is 5.92 Å². The van der Waals surface area contributed by atoms with Crippen LogP contribution in [0.25, 0.3) is 10.8 Å². The minimum absolute atomic E-state index is 0.123. The number of carbonyl (C=O) groups excluding carboxylic acids is 1. The fraction of sp³-hybridized carbons (Fsp3) is 0.312. The van der Waals surface area contributed by atoms with Crippen molar-refractivity contribution < 1.29 is 9.63 Å². The van der Waals surface area contributed by atoms with Crippen molar-refractivity contribution >= 4 is 16.7 Å². The molecule has 1 aliphatic rings. The number of hydrogen-bond donors (Lipinski definition) is 1. The predicted octanol–water partition coefficient (Wildman–Crippen LogP) is 2.53. The second-order valence-electron chi connectivity index (χ2n) is 5.11. The number of fused-ring (bicyclic) bond motifs is 2. The van der Waals surface area contributed by atoms with Crippen LogP contribution in [0, 0.1) is 5.92 Å². The Morgan fingerprint density at radius 1 is 1.37 bits per heavy atom. The van der Waals surface area contributed by atoms with Crippen LogP contribution in [0.3, 0.4) is 0 Å². The Kier molecular flexibility index (Phi) is 2.99. The summed E-state index contributed by atoms with van der Waals surface area (Å²) in [6.07, 6.45) is 2.47. The van der Waals surface area contributed by atoms with Crippen LogP contribution in [0.5, 0.6) is 0 Å². The highest BCUT2D eigenvalue weighted by Crippen LogP contribution is 2.35. The van der Waals surface area contributed by atoms with Gasteiger partial charge in [0.25, 0.3) is 0 Å². The van der Waals surface area contributed by atoms with E-state index in [4.69, 9.17) is 5.90 Å². The molecular formula is C16H17NO2. The highest BCUT2D eigenvalue weighted by molar-refractivity contribution is 5.89. The summed E-state index contributed by atoms with van der Waals surface area (Å²) < 4.78 is 0. The Bertz CT molecular complexity index is 648. The van der Waals surface area contributed by atoms with Gasteiger partial charge >= 0.3 is 5.97 Å². The molecule has 0 heterocycles. The fourth-order valence-corrected chi connectivity index (χ4v) is 3.22. The standard InChI is InChI=1S/C16H17NO2/c1-2-13-14-6-4-3-5-10(14)7-11-8-12(9-15(11)13)16(18)19-17/h3-7,12H,2,8-9,17H2,1H3. The van der Waals surface area contributed by atoms with Gasteiger partial charge in [-0.3, -0.25) is 4.79 Å². The van der Waals surface area contributed by atoms with Gasteiger partial charge in [-0.1, -0.05) is 37.3 Å². The van der Waals surface area contributed by atoms with Gasteiger partial charge < -0.3 is 4.84 Å². The smallest absolute Gasteiger partial charge is 0.328 e. The Labute approximate surface area is 112 Å². The normalized spacial score (nSPS) is 17.5. The first-order valence-electron chi connectivity index (χ1n) is 6.67. The van der Waals surface area contributed by atoms with Crippen molar-refractivity contribution in [2.75, 3.05) is 0 Å². The number of nitrogens with two attached hydrogens (primary N) is 1. The third kappa shape index (κ3) is 1.90. The minimum Gasteiger partial charge on any atom is -0.373 e. The van der Waals surface area contributed by atoms with Crippen LogP contribution < -0.4 is 5.90 Å². The number of benzene rings is 2. The largest absolute Gasteiger partial charge is 0.373 e. The first-order valence-corrected chi connectivity index (χ1v) is 6.67. The van der Waals surface area contributed by atoms with E-state index in [1.807, 2.05) is 0 Å². The Morgan fingerprint density at radius 2 is 2.16 bits per heavy atom. The van der Waals surface area contributed by atoms with E-state index in [0.717, 1.165) is 19.3 Å². The van der Waals surface area contributed by atoms with Crippen molar-refractivity contribution in [3.63, 3.8) is 0 Å². The molecule has 3 nitrogen and oxygen atoms in total. The SMILES string of the molecule is CCc1c2c(cc3ccccc13)CC(C(=O)ON)C2. The second kappa shape index (κ2) is 4.67. The lowest BCUT2D eigenvalue weighted by Gasteiger charge is -2.11. The van der Waals surface area contributed by atoms with Crippen LogP contribution in [0.15, 0.2) is 30.3 Å². The predicted molar refractivity (Wildman–Crippen MR) is 74.5 cm³/mol. The molecule has 2 aromatic carbocycles. The van der Waals surface area contributed by atoms with Crippen molar-refractivity contribution in [3.05, 3.63) is 47.0 Å². The monoisotopic (exact) mass is 255 g/mol. The highest BCUT2D eigenvalue weighted by Gasteiger charge is 2.30. The topological polar surface area (TPSA) is 52.3 Å². The molecule has 19 heavy (non-hydrogen) atoms. The molecule has 0 amide bonds. The Balaban J connectivity index is 2.14. The molecule has 2 N–H and O–H groups in total. The molecule has 98 valence electrons. The van der Waals surface area contributed by atoms with E-state index < -0.39 is 0 Å². The van der Waals surface area contributed by atoms with Gasteiger partial charge in [0.1, 0.15) is 0 Å². The van der Waals surface area contributed by atoms with E-state index in [0.29, 0.717) is 0 Å². The molecule has 1 aliphatic carbocycles. The first-order chi connectivity index (χ1) is 9.24. The lowest BCUT2D eigenvalue weighted by molar-refractivity contribution is -0.148. The molecule has 0 aromatic heterocycles. The molecule has 0 aliphatic heterocycles. The summed E-state index contributed by atoms with van der Waals surface area (Å²) in [4.78, 5) is 16.0. The van der Waals surface area contributed by atoms with Gasteiger partial charge in [-0.2, -0.15) is 5.90 Å². The number of hydrogen-bond acceptors (Lipinski definition) is 3. The molecule has 0 saturated carbocycles. The summed E-state index contributed by atoms with van der Waals surface area (Å²) in [5.74, 6) is 4.58. The average molecular weight is 255 g/mol. The average Bonchev–Trinajstić information content (AvgIpc) is 2.87. The van der Waals surface area contributed by atoms with Crippen LogP contribution in [0.1, 0.15) is 23.6 Å². The van der Waals surface area contributed by atoms with Crippen molar-refractivity contribution in [3.8, 4) is 0 Å². The third-order valence-corrected chi connectivity index (χ3v) is 4.09. The summed E-state index contributed by atoms with van der Waals surface area (Å²) >= 11 is 0. The van der Waals surface area contributed by atoms with E-state index >= 15 is 0 Å². The third-order valence-electron chi connectivity index (χ3n) is 4.09. The molecule has 0 saturated heterocycles. The van der Waals surface area contributed by atoms with E-state index in [-0.39, 0.29) is 11.9 Å². The van der Waals surface area contributed by atoms with E-state index in [1.54, 1.807) is 0 Å². The lowest BCUT2D eigenvalue weighted by Crippen LogP contribution is -2.21. The lowest BCUT2D eigenvalue weighted by atomic mass is 9.94. The number of carbonyl (C=O) groups is 1. The molecule has 0 radical (unpaired) electrons. The van der Waals surface area contributed by atoms with Gasteiger partial charge in [0, 0.05) is 0 Å². The van der Waals surface area contributed by atoms with Gasteiger partial charge in [0.2, 0.25) is 0 Å². The van der Waals surface area contributed by atoms with Gasteiger partial charge in [-0.05, 0) is 46.7 Å². The molecule has 0 fully saturated rings. The van der Waals surface area contributed by atoms with Crippen LogP contribution in [-0.4, -0.2) is 5.97 Å². The molecular weight excluding hydrogens is 238 g/mol.